The van der Waals surface area contributed by atoms with Gasteiger partial charge in [-0.15, -0.1) is 11.3 Å². The van der Waals surface area contributed by atoms with Crippen LogP contribution >= 0.6 is 11.3 Å². The fourth-order valence-electron chi connectivity index (χ4n) is 4.23. The molecule has 5 aromatic rings. The number of fused-ring (bicyclic) bond motifs is 4. The minimum absolute atomic E-state index is 0.0732. The standard InChI is InChI=1S/C25H24N4OS/c1-16-19(17(2)29-25(27-16)21-8-3-5-9-22(21)28-29)11-12-24(30)26-14-13-18-15-31-23-10-6-4-7-20(18)23/h3-10,15H,11-14H2,1-2H3,(H,26,30). The van der Waals surface area contributed by atoms with Crippen molar-refractivity contribution in [1.29, 1.82) is 0 Å². The van der Waals surface area contributed by atoms with Gasteiger partial charge in [-0.05, 0) is 66.8 Å². The van der Waals surface area contributed by atoms with Crippen LogP contribution in [0.4, 0.5) is 0 Å². The molecule has 3 heterocycles. The molecule has 0 aliphatic heterocycles. The number of carbonyl (C=O) groups is 1. The highest BCUT2D eigenvalue weighted by atomic mass is 32.1. The Balaban J connectivity index is 1.25. The van der Waals surface area contributed by atoms with E-state index in [0.29, 0.717) is 19.4 Å². The molecule has 6 heteroatoms. The summed E-state index contributed by atoms with van der Waals surface area (Å²) >= 11 is 1.76. The van der Waals surface area contributed by atoms with Gasteiger partial charge in [0.25, 0.3) is 0 Å². The molecule has 0 bridgehead atoms. The van der Waals surface area contributed by atoms with Crippen LogP contribution in [0, 0.1) is 13.8 Å². The van der Waals surface area contributed by atoms with Gasteiger partial charge in [0, 0.05) is 34.4 Å². The van der Waals surface area contributed by atoms with Crippen molar-refractivity contribution in [2.75, 3.05) is 6.54 Å². The van der Waals surface area contributed by atoms with Crippen LogP contribution in [0.25, 0.3) is 26.6 Å². The number of aryl methyl sites for hydroxylation is 2. The summed E-state index contributed by atoms with van der Waals surface area (Å²) in [7, 11) is 0. The van der Waals surface area contributed by atoms with Gasteiger partial charge >= 0.3 is 0 Å². The van der Waals surface area contributed by atoms with Gasteiger partial charge in [-0.2, -0.15) is 5.10 Å². The van der Waals surface area contributed by atoms with E-state index in [1.165, 1.54) is 15.6 Å². The Kier molecular flexibility index (Phi) is 5.16. The molecule has 0 spiro atoms. The number of rotatable bonds is 6. The van der Waals surface area contributed by atoms with Crippen molar-refractivity contribution in [1.82, 2.24) is 19.9 Å². The summed E-state index contributed by atoms with van der Waals surface area (Å²) in [5.74, 6) is 0.0732. The van der Waals surface area contributed by atoms with Crippen LogP contribution < -0.4 is 5.32 Å². The van der Waals surface area contributed by atoms with Crippen LogP contribution in [0.5, 0.6) is 0 Å². The normalized spacial score (nSPS) is 11.5. The monoisotopic (exact) mass is 428 g/mol. The maximum absolute atomic E-state index is 12.5. The molecule has 3 aromatic heterocycles. The minimum atomic E-state index is 0.0732. The van der Waals surface area contributed by atoms with Crippen LogP contribution in [-0.4, -0.2) is 27.0 Å². The van der Waals surface area contributed by atoms with Gasteiger partial charge in [-0.1, -0.05) is 30.3 Å². The van der Waals surface area contributed by atoms with E-state index in [-0.39, 0.29) is 5.91 Å². The third-order valence-corrected chi connectivity index (χ3v) is 6.91. The molecule has 2 aromatic carbocycles. The Bertz CT molecular complexity index is 1420. The minimum Gasteiger partial charge on any atom is -0.356 e. The third-order valence-electron chi connectivity index (χ3n) is 5.90. The molecule has 0 aliphatic carbocycles. The molecular formula is C25H24N4OS. The first kappa shape index (κ1) is 19.7. The Morgan fingerprint density at radius 3 is 2.68 bits per heavy atom. The van der Waals surface area contributed by atoms with E-state index in [9.17, 15) is 4.79 Å². The maximum atomic E-state index is 12.5. The Labute approximate surface area is 184 Å². The summed E-state index contributed by atoms with van der Waals surface area (Å²) in [6.45, 7) is 4.73. The Morgan fingerprint density at radius 2 is 1.81 bits per heavy atom. The van der Waals surface area contributed by atoms with E-state index in [4.69, 9.17) is 10.1 Å². The van der Waals surface area contributed by atoms with Gasteiger partial charge in [0.05, 0.1) is 5.52 Å². The molecule has 0 fully saturated rings. The highest BCUT2D eigenvalue weighted by molar-refractivity contribution is 7.17. The van der Waals surface area contributed by atoms with Gasteiger partial charge in [0.2, 0.25) is 5.91 Å². The summed E-state index contributed by atoms with van der Waals surface area (Å²) in [5.41, 5.74) is 6.23. The van der Waals surface area contributed by atoms with Crippen molar-refractivity contribution < 1.29 is 4.79 Å². The number of hydrogen-bond donors (Lipinski definition) is 1. The van der Waals surface area contributed by atoms with Gasteiger partial charge in [0.15, 0.2) is 5.65 Å². The van der Waals surface area contributed by atoms with Crippen LogP contribution in [0.2, 0.25) is 0 Å². The Morgan fingerprint density at radius 1 is 1.03 bits per heavy atom. The van der Waals surface area contributed by atoms with E-state index >= 15 is 0 Å². The number of hydrogen-bond acceptors (Lipinski definition) is 4. The van der Waals surface area contributed by atoms with Gasteiger partial charge in [0.1, 0.15) is 0 Å². The lowest BCUT2D eigenvalue weighted by atomic mass is 10.1. The molecule has 0 atom stereocenters. The van der Waals surface area contributed by atoms with Gasteiger partial charge in [-0.25, -0.2) is 9.50 Å². The molecule has 1 N–H and O–H groups in total. The summed E-state index contributed by atoms with van der Waals surface area (Å²) < 4.78 is 3.20. The zero-order valence-electron chi connectivity index (χ0n) is 17.7. The molecule has 0 radical (unpaired) electrons. The Hall–Kier alpha value is -3.25. The van der Waals surface area contributed by atoms with Crippen molar-refractivity contribution in [2.24, 2.45) is 0 Å². The predicted octanol–water partition coefficient (Wildman–Crippen LogP) is 5.01. The van der Waals surface area contributed by atoms with Crippen molar-refractivity contribution in [3.63, 3.8) is 0 Å². The van der Waals surface area contributed by atoms with E-state index in [1.807, 2.05) is 35.7 Å². The summed E-state index contributed by atoms with van der Waals surface area (Å²) in [6, 6.07) is 16.5. The van der Waals surface area contributed by atoms with Gasteiger partial charge in [-0.3, -0.25) is 4.79 Å². The highest BCUT2D eigenvalue weighted by Gasteiger charge is 2.15. The number of nitrogens with zero attached hydrogens (tertiary/aromatic N) is 3. The highest BCUT2D eigenvalue weighted by Crippen LogP contribution is 2.26. The van der Waals surface area contributed by atoms with Crippen molar-refractivity contribution in [3.05, 3.63) is 76.4 Å². The van der Waals surface area contributed by atoms with Crippen LogP contribution in [0.3, 0.4) is 0 Å². The second kappa shape index (κ2) is 8.12. The van der Waals surface area contributed by atoms with Crippen LogP contribution in [0.15, 0.2) is 53.9 Å². The molecule has 0 aliphatic rings. The van der Waals surface area contributed by atoms with Crippen molar-refractivity contribution in [2.45, 2.75) is 33.1 Å². The number of amides is 1. The smallest absolute Gasteiger partial charge is 0.220 e. The number of nitrogens with one attached hydrogen (secondary N) is 1. The molecule has 0 unspecified atom stereocenters. The SMILES string of the molecule is Cc1nc2c3ccccc3nn2c(C)c1CCC(=O)NCCc1csc2ccccc12. The number of aromatic nitrogens is 3. The van der Waals surface area contributed by atoms with Crippen LogP contribution in [-0.2, 0) is 17.6 Å². The predicted molar refractivity (Wildman–Crippen MR) is 127 cm³/mol. The first-order valence-electron chi connectivity index (χ1n) is 10.6. The molecule has 5 rings (SSSR count). The van der Waals surface area contributed by atoms with E-state index < -0.39 is 0 Å². The molecular weight excluding hydrogens is 404 g/mol. The number of thiophene rings is 1. The summed E-state index contributed by atoms with van der Waals surface area (Å²) in [4.78, 5) is 17.3. The van der Waals surface area contributed by atoms with E-state index in [2.05, 4.69) is 41.9 Å². The quantitative estimate of drug-likeness (QED) is 0.414. The third kappa shape index (κ3) is 3.68. The van der Waals surface area contributed by atoms with Crippen molar-refractivity contribution >= 4 is 43.9 Å². The first-order valence-corrected chi connectivity index (χ1v) is 11.4. The zero-order chi connectivity index (χ0) is 21.4. The second-order valence-corrected chi connectivity index (χ2v) is 8.78. The average molecular weight is 429 g/mol. The van der Waals surface area contributed by atoms with Crippen LogP contribution in [0.1, 0.15) is 28.9 Å². The largest absolute Gasteiger partial charge is 0.356 e. The molecule has 1 amide bonds. The lowest BCUT2D eigenvalue weighted by Crippen LogP contribution is -2.26. The fraction of sp³-hybridized carbons (Fsp3) is 0.240. The lowest BCUT2D eigenvalue weighted by molar-refractivity contribution is -0.121. The zero-order valence-corrected chi connectivity index (χ0v) is 18.5. The van der Waals surface area contributed by atoms with Gasteiger partial charge < -0.3 is 5.32 Å². The molecule has 31 heavy (non-hydrogen) atoms. The fourth-order valence-corrected chi connectivity index (χ4v) is 5.23. The number of carbonyl (C=O) groups excluding carboxylic acids is 1. The molecule has 0 saturated carbocycles. The summed E-state index contributed by atoms with van der Waals surface area (Å²) in [5, 5.41) is 12.3. The lowest BCUT2D eigenvalue weighted by Gasteiger charge is -2.11. The molecule has 156 valence electrons. The van der Waals surface area contributed by atoms with E-state index in [1.54, 1.807) is 11.3 Å². The average Bonchev–Trinajstić information content (AvgIpc) is 3.36. The molecule has 0 saturated heterocycles. The topological polar surface area (TPSA) is 59.3 Å². The number of benzene rings is 2. The second-order valence-electron chi connectivity index (χ2n) is 7.87. The van der Waals surface area contributed by atoms with Crippen molar-refractivity contribution in [3.8, 4) is 0 Å². The molecule has 5 nitrogen and oxygen atoms in total. The first-order chi connectivity index (χ1) is 15.1. The maximum Gasteiger partial charge on any atom is 0.220 e. The van der Waals surface area contributed by atoms with E-state index in [0.717, 1.165) is 39.9 Å². The summed E-state index contributed by atoms with van der Waals surface area (Å²) in [6.07, 6.45) is 1.95.